The van der Waals surface area contributed by atoms with Crippen LogP contribution in [-0.4, -0.2) is 40.6 Å². The van der Waals surface area contributed by atoms with Gasteiger partial charge in [-0.15, -0.1) is 0 Å². The maximum Gasteiger partial charge on any atom is 0.310 e. The van der Waals surface area contributed by atoms with Crippen LogP contribution in [0, 0.1) is 5.92 Å². The first-order valence-electron chi connectivity index (χ1n) is 5.47. The summed E-state index contributed by atoms with van der Waals surface area (Å²) in [6.07, 6.45) is 4.61. The Kier molecular flexibility index (Phi) is 3.24. The zero-order chi connectivity index (χ0) is 11.5. The Morgan fingerprint density at radius 3 is 3.12 bits per heavy atom. The van der Waals surface area contributed by atoms with Crippen LogP contribution in [0.2, 0.25) is 0 Å². The number of imidazole rings is 1. The van der Waals surface area contributed by atoms with E-state index in [4.69, 9.17) is 4.74 Å². The number of aromatic nitrogens is 2. The van der Waals surface area contributed by atoms with Crippen LogP contribution < -0.4 is 0 Å². The SMILES string of the molecule is COC(=O)C1CCN(Cc2nccn2C)C1. The van der Waals surface area contributed by atoms with Gasteiger partial charge in [0.15, 0.2) is 0 Å². The van der Waals surface area contributed by atoms with E-state index < -0.39 is 0 Å². The predicted octanol–water partition coefficient (Wildman–Crippen LogP) is 0.415. The first-order valence-corrected chi connectivity index (χ1v) is 5.47. The molecule has 0 N–H and O–H groups in total. The number of ether oxygens (including phenoxy) is 1. The average molecular weight is 223 g/mol. The highest BCUT2D eigenvalue weighted by Crippen LogP contribution is 2.18. The molecule has 0 aliphatic carbocycles. The zero-order valence-electron chi connectivity index (χ0n) is 9.72. The molecule has 1 aliphatic heterocycles. The van der Waals surface area contributed by atoms with Gasteiger partial charge in [-0.3, -0.25) is 9.69 Å². The van der Waals surface area contributed by atoms with Crippen LogP contribution in [0.3, 0.4) is 0 Å². The van der Waals surface area contributed by atoms with Crippen molar-refractivity contribution in [2.24, 2.45) is 13.0 Å². The molecule has 1 unspecified atom stereocenters. The lowest BCUT2D eigenvalue weighted by Gasteiger charge is -2.14. The fraction of sp³-hybridized carbons (Fsp3) is 0.636. The Morgan fingerprint density at radius 1 is 1.69 bits per heavy atom. The van der Waals surface area contributed by atoms with Gasteiger partial charge in [-0.05, 0) is 13.0 Å². The summed E-state index contributed by atoms with van der Waals surface area (Å²) in [6.45, 7) is 2.52. The molecule has 88 valence electrons. The van der Waals surface area contributed by atoms with E-state index in [1.54, 1.807) is 6.20 Å². The molecule has 1 aliphatic rings. The lowest BCUT2D eigenvalue weighted by molar-refractivity contribution is -0.144. The molecule has 1 atom stereocenters. The lowest BCUT2D eigenvalue weighted by atomic mass is 10.1. The number of methoxy groups -OCH3 is 1. The van der Waals surface area contributed by atoms with E-state index in [9.17, 15) is 4.79 Å². The van der Waals surface area contributed by atoms with E-state index in [2.05, 4.69) is 9.88 Å². The molecule has 0 saturated carbocycles. The summed E-state index contributed by atoms with van der Waals surface area (Å²) >= 11 is 0. The first kappa shape index (κ1) is 11.1. The van der Waals surface area contributed by atoms with Crippen molar-refractivity contribution in [1.82, 2.24) is 14.5 Å². The van der Waals surface area contributed by atoms with Gasteiger partial charge in [0.2, 0.25) is 0 Å². The van der Waals surface area contributed by atoms with Gasteiger partial charge in [-0.25, -0.2) is 4.98 Å². The number of nitrogens with zero attached hydrogens (tertiary/aromatic N) is 3. The standard InChI is InChI=1S/C11H17N3O2/c1-13-6-4-12-10(13)8-14-5-3-9(7-14)11(15)16-2/h4,6,9H,3,5,7-8H2,1-2H3. The molecule has 2 heterocycles. The van der Waals surface area contributed by atoms with Crippen molar-refractivity contribution in [2.45, 2.75) is 13.0 Å². The van der Waals surface area contributed by atoms with Crippen LogP contribution >= 0.6 is 0 Å². The minimum Gasteiger partial charge on any atom is -0.469 e. The third-order valence-electron chi connectivity index (χ3n) is 3.09. The van der Waals surface area contributed by atoms with E-state index in [-0.39, 0.29) is 11.9 Å². The summed E-state index contributed by atoms with van der Waals surface area (Å²) < 4.78 is 6.76. The second-order valence-corrected chi connectivity index (χ2v) is 4.20. The average Bonchev–Trinajstić information content (AvgIpc) is 2.89. The molecular formula is C11H17N3O2. The van der Waals surface area contributed by atoms with E-state index in [0.717, 1.165) is 31.9 Å². The van der Waals surface area contributed by atoms with Crippen LogP contribution in [0.1, 0.15) is 12.2 Å². The van der Waals surface area contributed by atoms with Crippen LogP contribution in [-0.2, 0) is 23.1 Å². The molecule has 5 heteroatoms. The smallest absolute Gasteiger partial charge is 0.310 e. The third-order valence-corrected chi connectivity index (χ3v) is 3.09. The van der Waals surface area contributed by atoms with Crippen LogP contribution in [0.4, 0.5) is 0 Å². The Bertz CT molecular complexity index is 375. The Balaban J connectivity index is 1.90. The van der Waals surface area contributed by atoms with Crippen molar-refractivity contribution >= 4 is 5.97 Å². The molecule has 0 amide bonds. The van der Waals surface area contributed by atoms with E-state index >= 15 is 0 Å². The van der Waals surface area contributed by atoms with Crippen LogP contribution in [0.5, 0.6) is 0 Å². The molecule has 0 aromatic carbocycles. The van der Waals surface area contributed by atoms with Crippen LogP contribution in [0.15, 0.2) is 12.4 Å². The Labute approximate surface area is 95.0 Å². The van der Waals surface area contributed by atoms with Crippen molar-refractivity contribution in [2.75, 3.05) is 20.2 Å². The highest BCUT2D eigenvalue weighted by atomic mass is 16.5. The number of hydrogen-bond acceptors (Lipinski definition) is 4. The predicted molar refractivity (Wildman–Crippen MR) is 58.6 cm³/mol. The van der Waals surface area contributed by atoms with E-state index in [1.165, 1.54) is 7.11 Å². The molecular weight excluding hydrogens is 206 g/mol. The highest BCUT2D eigenvalue weighted by molar-refractivity contribution is 5.72. The zero-order valence-corrected chi connectivity index (χ0v) is 9.72. The molecule has 1 fully saturated rings. The largest absolute Gasteiger partial charge is 0.469 e. The van der Waals surface area contributed by atoms with Crippen molar-refractivity contribution in [1.29, 1.82) is 0 Å². The summed E-state index contributed by atoms with van der Waals surface area (Å²) in [6, 6.07) is 0. The number of aryl methyl sites for hydroxylation is 1. The minimum absolute atomic E-state index is 0.0327. The number of carbonyl (C=O) groups is 1. The van der Waals surface area contributed by atoms with Crippen molar-refractivity contribution in [3.05, 3.63) is 18.2 Å². The fourth-order valence-electron chi connectivity index (χ4n) is 2.08. The quantitative estimate of drug-likeness (QED) is 0.697. The molecule has 5 nitrogen and oxygen atoms in total. The number of carbonyl (C=O) groups excluding carboxylic acids is 1. The van der Waals surface area contributed by atoms with Gasteiger partial charge in [0.05, 0.1) is 19.6 Å². The van der Waals surface area contributed by atoms with Gasteiger partial charge >= 0.3 is 5.97 Å². The Hall–Kier alpha value is -1.36. The van der Waals surface area contributed by atoms with Gasteiger partial charge < -0.3 is 9.30 Å². The number of likely N-dealkylation sites (tertiary alicyclic amines) is 1. The lowest BCUT2D eigenvalue weighted by Crippen LogP contribution is -2.24. The molecule has 16 heavy (non-hydrogen) atoms. The summed E-state index contributed by atoms with van der Waals surface area (Å²) in [5.41, 5.74) is 0. The summed E-state index contributed by atoms with van der Waals surface area (Å²) in [5, 5.41) is 0. The Morgan fingerprint density at radius 2 is 2.50 bits per heavy atom. The fourth-order valence-corrected chi connectivity index (χ4v) is 2.08. The molecule has 0 spiro atoms. The van der Waals surface area contributed by atoms with Gasteiger partial charge in [0, 0.05) is 26.0 Å². The molecule has 0 bridgehead atoms. The number of hydrogen-bond donors (Lipinski definition) is 0. The molecule has 1 aromatic rings. The monoisotopic (exact) mass is 223 g/mol. The van der Waals surface area contributed by atoms with E-state index in [0.29, 0.717) is 0 Å². The normalized spacial score (nSPS) is 21.2. The van der Waals surface area contributed by atoms with Crippen LogP contribution in [0.25, 0.3) is 0 Å². The maximum absolute atomic E-state index is 11.4. The molecule has 1 saturated heterocycles. The maximum atomic E-state index is 11.4. The highest BCUT2D eigenvalue weighted by Gasteiger charge is 2.29. The number of rotatable bonds is 3. The summed E-state index contributed by atoms with van der Waals surface area (Å²) in [4.78, 5) is 17.9. The number of esters is 1. The van der Waals surface area contributed by atoms with Gasteiger partial charge in [-0.2, -0.15) is 0 Å². The third kappa shape index (κ3) is 2.24. The van der Waals surface area contributed by atoms with E-state index in [1.807, 2.05) is 17.8 Å². The summed E-state index contributed by atoms with van der Waals surface area (Å²) in [5.74, 6) is 0.970. The molecule has 2 rings (SSSR count). The van der Waals surface area contributed by atoms with Crippen molar-refractivity contribution < 1.29 is 9.53 Å². The first-order chi connectivity index (χ1) is 7.70. The van der Waals surface area contributed by atoms with Gasteiger partial charge in [-0.1, -0.05) is 0 Å². The summed E-state index contributed by atoms with van der Waals surface area (Å²) in [7, 11) is 3.43. The van der Waals surface area contributed by atoms with Crippen molar-refractivity contribution in [3.63, 3.8) is 0 Å². The molecule has 1 aromatic heterocycles. The van der Waals surface area contributed by atoms with Gasteiger partial charge in [0.1, 0.15) is 5.82 Å². The molecule has 0 radical (unpaired) electrons. The van der Waals surface area contributed by atoms with Crippen molar-refractivity contribution in [3.8, 4) is 0 Å². The second kappa shape index (κ2) is 4.65. The second-order valence-electron chi connectivity index (χ2n) is 4.20. The minimum atomic E-state index is -0.0951. The van der Waals surface area contributed by atoms with Gasteiger partial charge in [0.25, 0.3) is 0 Å². The topological polar surface area (TPSA) is 47.4 Å².